The van der Waals surface area contributed by atoms with E-state index in [2.05, 4.69) is 38.2 Å². The van der Waals surface area contributed by atoms with Gasteiger partial charge in [-0.1, -0.05) is 96.4 Å². The molecule has 0 aliphatic rings. The Morgan fingerprint density at radius 2 is 1.48 bits per heavy atom. The third-order valence-corrected chi connectivity index (χ3v) is 7.33. The van der Waals surface area contributed by atoms with E-state index in [1.54, 1.807) is 0 Å². The lowest BCUT2D eigenvalue weighted by Gasteiger charge is -2.19. The minimum absolute atomic E-state index is 0.120. The van der Waals surface area contributed by atoms with Gasteiger partial charge < -0.3 is 19.8 Å². The molecule has 230 valence electrons. The quantitative estimate of drug-likeness (QED) is 0.0610. The number of rotatable bonds is 25. The lowest BCUT2D eigenvalue weighted by atomic mass is 10.1. The molecule has 0 saturated carbocycles. The molecule has 0 bridgehead atoms. The van der Waals surface area contributed by atoms with Crippen molar-refractivity contribution in [1.29, 1.82) is 0 Å². The van der Waals surface area contributed by atoms with Gasteiger partial charge in [0, 0.05) is 6.42 Å². The zero-order chi connectivity index (χ0) is 29.5. The Balaban J connectivity index is 2.27. The summed E-state index contributed by atoms with van der Waals surface area (Å²) in [6.45, 7) is 6.95. The number of hydrogen-bond donors (Lipinski definition) is 3. The zero-order valence-electron chi connectivity index (χ0n) is 25.3. The highest BCUT2D eigenvalue weighted by molar-refractivity contribution is 7.46. The van der Waals surface area contributed by atoms with Crippen LogP contribution in [0.5, 0.6) is 5.75 Å². The van der Waals surface area contributed by atoms with E-state index in [4.69, 9.17) is 19.0 Å². The monoisotopic (exact) mass is 581 g/mol. The van der Waals surface area contributed by atoms with Gasteiger partial charge in [-0.2, -0.15) is 0 Å². The molecule has 40 heavy (non-hydrogen) atoms. The Morgan fingerprint density at radius 3 is 2.05 bits per heavy atom. The maximum atomic E-state index is 12.5. The Labute approximate surface area is 243 Å². The second-order valence-corrected chi connectivity index (χ2v) is 12.5. The van der Waals surface area contributed by atoms with Crippen LogP contribution in [0.2, 0.25) is 0 Å². The maximum absolute atomic E-state index is 12.5. The summed E-state index contributed by atoms with van der Waals surface area (Å²) < 4.78 is 21.7. The van der Waals surface area contributed by atoms with Crippen molar-refractivity contribution in [2.45, 2.75) is 130 Å². The van der Waals surface area contributed by atoms with Gasteiger partial charge in [0.05, 0.1) is 19.3 Å². The first-order valence-electron chi connectivity index (χ1n) is 15.6. The molecule has 0 aliphatic heterocycles. The highest BCUT2D eigenvalue weighted by Crippen LogP contribution is 2.35. The van der Waals surface area contributed by atoms with E-state index in [1.807, 2.05) is 24.3 Å². The van der Waals surface area contributed by atoms with Crippen LogP contribution in [0.1, 0.15) is 123 Å². The van der Waals surface area contributed by atoms with Crippen molar-refractivity contribution < 1.29 is 28.4 Å². The number of phosphoric acid groups is 1. The first kappa shape index (κ1) is 36.4. The fourth-order valence-corrected chi connectivity index (χ4v) is 4.79. The van der Waals surface area contributed by atoms with E-state index >= 15 is 0 Å². The number of phosphoric ester groups is 1. The summed E-state index contributed by atoms with van der Waals surface area (Å²) in [6.07, 6.45) is 22.0. The van der Waals surface area contributed by atoms with Gasteiger partial charge >= 0.3 is 7.82 Å². The van der Waals surface area contributed by atoms with Crippen molar-refractivity contribution in [3.05, 3.63) is 42.0 Å². The topological polar surface area (TPSA) is 105 Å². The van der Waals surface area contributed by atoms with E-state index in [1.165, 1.54) is 57.8 Å². The SMILES string of the molecule is CCCCCCCCC=CCCCCCCCC(=O)N[C@H](COP(=O)(O)O)Cc1ccc(OCCC(C)C)cc1. The van der Waals surface area contributed by atoms with Crippen LogP contribution >= 0.6 is 7.82 Å². The Bertz CT molecular complexity index is 836. The summed E-state index contributed by atoms with van der Waals surface area (Å²) >= 11 is 0. The number of ether oxygens (including phenoxy) is 1. The molecule has 0 spiro atoms. The minimum Gasteiger partial charge on any atom is -0.494 e. The summed E-state index contributed by atoms with van der Waals surface area (Å²) in [4.78, 5) is 30.8. The van der Waals surface area contributed by atoms with Crippen molar-refractivity contribution in [2.75, 3.05) is 13.2 Å². The molecule has 0 radical (unpaired) electrons. The normalized spacial score (nSPS) is 12.8. The molecule has 0 aliphatic carbocycles. The number of nitrogens with one attached hydrogen (secondary N) is 1. The number of benzene rings is 1. The molecule has 7 nitrogen and oxygen atoms in total. The summed E-state index contributed by atoms with van der Waals surface area (Å²) in [5, 5.41) is 2.90. The van der Waals surface area contributed by atoms with Crippen LogP contribution in [-0.2, 0) is 20.3 Å². The van der Waals surface area contributed by atoms with Gasteiger partial charge in [-0.05, 0) is 68.6 Å². The molecule has 0 aromatic heterocycles. The van der Waals surface area contributed by atoms with Crippen LogP contribution in [0.15, 0.2) is 36.4 Å². The second-order valence-electron chi connectivity index (χ2n) is 11.3. The fraction of sp³-hybridized carbons (Fsp3) is 0.719. The van der Waals surface area contributed by atoms with Gasteiger partial charge in [0.25, 0.3) is 0 Å². The van der Waals surface area contributed by atoms with Crippen LogP contribution in [0, 0.1) is 5.92 Å². The van der Waals surface area contributed by atoms with Crippen LogP contribution in [0.25, 0.3) is 0 Å². The van der Waals surface area contributed by atoms with Crippen LogP contribution in [0.4, 0.5) is 0 Å². The molecule has 8 heteroatoms. The predicted octanol–water partition coefficient (Wildman–Crippen LogP) is 8.29. The molecule has 0 saturated heterocycles. The largest absolute Gasteiger partial charge is 0.494 e. The fourth-order valence-electron chi connectivity index (χ4n) is 4.41. The number of carbonyl (C=O) groups excluding carboxylic acids is 1. The van der Waals surface area contributed by atoms with Gasteiger partial charge in [0.15, 0.2) is 0 Å². The van der Waals surface area contributed by atoms with E-state index in [-0.39, 0.29) is 12.5 Å². The molecule has 3 N–H and O–H groups in total. The molecule has 0 heterocycles. The maximum Gasteiger partial charge on any atom is 0.469 e. The average Bonchev–Trinajstić information content (AvgIpc) is 2.90. The molecule has 1 atom stereocenters. The van der Waals surface area contributed by atoms with Gasteiger partial charge in [0.2, 0.25) is 5.91 Å². The number of allylic oxidation sites excluding steroid dienone is 2. The van der Waals surface area contributed by atoms with Gasteiger partial charge in [-0.3, -0.25) is 9.32 Å². The summed E-state index contributed by atoms with van der Waals surface area (Å²) in [5.74, 6) is 1.23. The number of hydrogen-bond acceptors (Lipinski definition) is 4. The third-order valence-electron chi connectivity index (χ3n) is 6.84. The van der Waals surface area contributed by atoms with Crippen LogP contribution < -0.4 is 10.1 Å². The smallest absolute Gasteiger partial charge is 0.469 e. The van der Waals surface area contributed by atoms with Gasteiger partial charge in [-0.25, -0.2) is 4.57 Å². The summed E-state index contributed by atoms with van der Waals surface area (Å²) in [6, 6.07) is 7.04. The standard InChI is InChI=1S/C32H56NO6P/c1-4-5-6-7-8-9-10-11-12-13-14-15-16-17-18-19-32(34)33-30(27-39-40(35,36)37)26-29-20-22-31(23-21-29)38-25-24-28(2)3/h11-12,20-23,28,30H,4-10,13-19,24-27H2,1-3H3,(H,33,34)(H2,35,36,37)/t30-/m0/s1. The second kappa shape index (κ2) is 23.0. The summed E-state index contributed by atoms with van der Waals surface area (Å²) in [5.41, 5.74) is 0.928. The number of carbonyl (C=O) groups is 1. The predicted molar refractivity (Wildman–Crippen MR) is 164 cm³/mol. The Kier molecular flexibility index (Phi) is 20.9. The molecule has 1 amide bonds. The van der Waals surface area contributed by atoms with Crippen molar-refractivity contribution in [2.24, 2.45) is 5.92 Å². The first-order valence-corrected chi connectivity index (χ1v) is 17.1. The molecular weight excluding hydrogens is 525 g/mol. The van der Waals surface area contributed by atoms with Gasteiger partial charge in [0.1, 0.15) is 5.75 Å². The van der Waals surface area contributed by atoms with Gasteiger partial charge in [-0.15, -0.1) is 0 Å². The third kappa shape index (κ3) is 22.1. The van der Waals surface area contributed by atoms with Crippen molar-refractivity contribution in [3.63, 3.8) is 0 Å². The highest BCUT2D eigenvalue weighted by atomic mass is 31.2. The zero-order valence-corrected chi connectivity index (χ0v) is 26.2. The molecule has 0 fully saturated rings. The molecule has 0 unspecified atom stereocenters. The number of amides is 1. The highest BCUT2D eigenvalue weighted by Gasteiger charge is 2.20. The van der Waals surface area contributed by atoms with Crippen molar-refractivity contribution >= 4 is 13.7 Å². The Morgan fingerprint density at radius 1 is 0.900 bits per heavy atom. The number of unbranched alkanes of at least 4 members (excludes halogenated alkanes) is 11. The van der Waals surface area contributed by atoms with Crippen molar-refractivity contribution in [3.8, 4) is 5.75 Å². The van der Waals surface area contributed by atoms with E-state index in [0.29, 0.717) is 25.4 Å². The molecule has 1 rings (SSSR count). The molecule has 1 aromatic carbocycles. The lowest BCUT2D eigenvalue weighted by molar-refractivity contribution is -0.122. The van der Waals surface area contributed by atoms with E-state index < -0.39 is 13.9 Å². The van der Waals surface area contributed by atoms with E-state index in [9.17, 15) is 9.36 Å². The molecular formula is C32H56NO6P. The van der Waals surface area contributed by atoms with E-state index in [0.717, 1.165) is 43.4 Å². The summed E-state index contributed by atoms with van der Waals surface area (Å²) in [7, 11) is -4.63. The van der Waals surface area contributed by atoms with Crippen LogP contribution in [-0.4, -0.2) is 34.9 Å². The minimum atomic E-state index is -4.63. The molecule has 1 aromatic rings. The average molecular weight is 582 g/mol. The van der Waals surface area contributed by atoms with Crippen LogP contribution in [0.3, 0.4) is 0 Å². The first-order chi connectivity index (χ1) is 19.2. The Hall–Kier alpha value is -1.66. The van der Waals surface area contributed by atoms with Crippen molar-refractivity contribution in [1.82, 2.24) is 5.32 Å². The lowest BCUT2D eigenvalue weighted by Crippen LogP contribution is -2.39.